The van der Waals surface area contributed by atoms with Crippen molar-refractivity contribution in [1.29, 1.82) is 0 Å². The van der Waals surface area contributed by atoms with Crippen molar-refractivity contribution < 1.29 is 0 Å². The average molecular weight is 260 g/mol. The number of hydrogen-bond acceptors (Lipinski definition) is 5. The monoisotopic (exact) mass is 260 g/mol. The highest BCUT2D eigenvalue weighted by Crippen LogP contribution is 2.25. The van der Waals surface area contributed by atoms with E-state index in [-0.39, 0.29) is 0 Å². The van der Waals surface area contributed by atoms with E-state index in [9.17, 15) is 0 Å². The van der Waals surface area contributed by atoms with E-state index in [1.54, 1.807) is 18.0 Å². The highest BCUT2D eigenvalue weighted by atomic mass is 32.2. The molecule has 0 unspecified atom stereocenters. The predicted molar refractivity (Wildman–Crippen MR) is 75.3 cm³/mol. The third-order valence-electron chi connectivity index (χ3n) is 2.68. The molecule has 0 amide bonds. The topological polar surface area (TPSA) is 63.8 Å². The van der Waals surface area contributed by atoms with E-state index in [0.717, 1.165) is 16.3 Å². The van der Waals surface area contributed by atoms with E-state index < -0.39 is 0 Å². The Morgan fingerprint density at radius 3 is 2.72 bits per heavy atom. The second kappa shape index (κ2) is 5.84. The predicted octanol–water partition coefficient (Wildman–Crippen LogP) is 2.67. The molecule has 18 heavy (non-hydrogen) atoms. The van der Waals surface area contributed by atoms with Gasteiger partial charge in [0.05, 0.1) is 0 Å². The van der Waals surface area contributed by atoms with E-state index in [1.807, 2.05) is 6.92 Å². The number of hydrazine groups is 1. The van der Waals surface area contributed by atoms with Gasteiger partial charge in [-0.2, -0.15) is 0 Å². The zero-order chi connectivity index (χ0) is 13.0. The van der Waals surface area contributed by atoms with Crippen LogP contribution in [-0.2, 0) is 5.75 Å². The molecule has 0 aliphatic carbocycles. The minimum absolute atomic E-state index is 0.452. The smallest absolute Gasteiger partial charge is 0.238 e. The van der Waals surface area contributed by atoms with Gasteiger partial charge in [-0.3, -0.25) is 5.43 Å². The molecule has 0 saturated heterocycles. The zero-order valence-corrected chi connectivity index (χ0v) is 11.3. The largest absolute Gasteiger partial charge is 0.292 e. The number of aromatic nitrogens is 2. The standard InChI is InChI=1S/C13H16N4S/c1-9-5-3-4-6-11(9)8-18-12-10(2)7-15-13(16-12)17-14/h3-7H,8,14H2,1-2H3,(H,15,16,17). The Hall–Kier alpha value is -1.59. The summed E-state index contributed by atoms with van der Waals surface area (Å²) in [5.41, 5.74) is 6.15. The normalized spacial score (nSPS) is 10.4. The average Bonchev–Trinajstić information content (AvgIpc) is 2.39. The number of aryl methyl sites for hydroxylation is 2. The van der Waals surface area contributed by atoms with Gasteiger partial charge in [0.1, 0.15) is 5.03 Å². The molecule has 2 rings (SSSR count). The van der Waals surface area contributed by atoms with Gasteiger partial charge in [0.15, 0.2) is 0 Å². The maximum atomic E-state index is 5.32. The number of thioether (sulfide) groups is 1. The van der Waals surface area contributed by atoms with Gasteiger partial charge >= 0.3 is 0 Å². The molecule has 4 nitrogen and oxygen atoms in total. The molecule has 3 N–H and O–H groups in total. The SMILES string of the molecule is Cc1ccccc1CSc1nc(NN)ncc1C. The van der Waals surface area contributed by atoms with E-state index in [1.165, 1.54) is 11.1 Å². The van der Waals surface area contributed by atoms with E-state index in [4.69, 9.17) is 5.84 Å². The molecule has 0 bridgehead atoms. The summed E-state index contributed by atoms with van der Waals surface area (Å²) in [7, 11) is 0. The van der Waals surface area contributed by atoms with Crippen LogP contribution >= 0.6 is 11.8 Å². The molecule has 0 radical (unpaired) electrons. The van der Waals surface area contributed by atoms with Gasteiger partial charge < -0.3 is 0 Å². The van der Waals surface area contributed by atoms with Crippen LogP contribution in [0.1, 0.15) is 16.7 Å². The summed E-state index contributed by atoms with van der Waals surface area (Å²) in [6, 6.07) is 8.37. The first-order valence-corrected chi connectivity index (χ1v) is 6.67. The van der Waals surface area contributed by atoms with Crippen molar-refractivity contribution in [2.24, 2.45) is 5.84 Å². The number of nitrogen functional groups attached to an aromatic ring is 1. The number of nitrogens with two attached hydrogens (primary N) is 1. The Morgan fingerprint density at radius 1 is 1.22 bits per heavy atom. The van der Waals surface area contributed by atoms with Crippen LogP contribution in [0.4, 0.5) is 5.95 Å². The number of nitrogens with one attached hydrogen (secondary N) is 1. The third-order valence-corrected chi connectivity index (χ3v) is 3.82. The van der Waals surface area contributed by atoms with Crippen LogP contribution in [0.15, 0.2) is 35.5 Å². The first-order chi connectivity index (χ1) is 8.70. The van der Waals surface area contributed by atoms with Crippen LogP contribution in [0.2, 0.25) is 0 Å². The van der Waals surface area contributed by atoms with Crippen LogP contribution in [0.3, 0.4) is 0 Å². The minimum Gasteiger partial charge on any atom is -0.292 e. The maximum Gasteiger partial charge on any atom is 0.238 e. The number of rotatable bonds is 4. The molecule has 0 aliphatic rings. The van der Waals surface area contributed by atoms with Gasteiger partial charge in [-0.15, -0.1) is 11.8 Å². The maximum absolute atomic E-state index is 5.32. The fourth-order valence-corrected chi connectivity index (χ4v) is 2.61. The molecule has 0 spiro atoms. The van der Waals surface area contributed by atoms with Crippen LogP contribution in [-0.4, -0.2) is 9.97 Å². The van der Waals surface area contributed by atoms with Crippen molar-refractivity contribution in [2.75, 3.05) is 5.43 Å². The van der Waals surface area contributed by atoms with Crippen LogP contribution in [0, 0.1) is 13.8 Å². The first kappa shape index (κ1) is 12.9. The van der Waals surface area contributed by atoms with Crippen LogP contribution < -0.4 is 11.3 Å². The van der Waals surface area contributed by atoms with E-state index in [0.29, 0.717) is 5.95 Å². The van der Waals surface area contributed by atoms with Crippen molar-refractivity contribution in [3.05, 3.63) is 47.2 Å². The second-order valence-electron chi connectivity index (χ2n) is 4.04. The highest BCUT2D eigenvalue weighted by Gasteiger charge is 2.05. The summed E-state index contributed by atoms with van der Waals surface area (Å²) < 4.78 is 0. The van der Waals surface area contributed by atoms with Crippen LogP contribution in [0.5, 0.6) is 0 Å². The molecular formula is C13H16N4S. The fourth-order valence-electron chi connectivity index (χ4n) is 1.56. The number of benzene rings is 1. The molecule has 0 fully saturated rings. The number of anilines is 1. The lowest BCUT2D eigenvalue weighted by molar-refractivity contribution is 0.991. The van der Waals surface area contributed by atoms with Crippen molar-refractivity contribution in [2.45, 2.75) is 24.6 Å². The summed E-state index contributed by atoms with van der Waals surface area (Å²) in [5.74, 6) is 6.67. The summed E-state index contributed by atoms with van der Waals surface area (Å²) in [4.78, 5) is 8.42. The summed E-state index contributed by atoms with van der Waals surface area (Å²) in [6.07, 6.45) is 1.78. The molecule has 0 saturated carbocycles. The van der Waals surface area contributed by atoms with Crippen LogP contribution in [0.25, 0.3) is 0 Å². The Labute approximate surface area is 111 Å². The summed E-state index contributed by atoms with van der Waals surface area (Å²) in [6.45, 7) is 4.12. The van der Waals surface area contributed by atoms with E-state index >= 15 is 0 Å². The van der Waals surface area contributed by atoms with Gasteiger partial charge in [-0.25, -0.2) is 15.8 Å². The molecule has 2 aromatic rings. The Morgan fingerprint density at radius 2 is 2.00 bits per heavy atom. The van der Waals surface area contributed by atoms with Crippen molar-refractivity contribution >= 4 is 17.7 Å². The molecule has 1 aromatic carbocycles. The van der Waals surface area contributed by atoms with Crippen molar-refractivity contribution in [3.8, 4) is 0 Å². The lowest BCUT2D eigenvalue weighted by atomic mass is 10.1. The van der Waals surface area contributed by atoms with Crippen molar-refractivity contribution in [1.82, 2.24) is 9.97 Å². The number of hydrogen-bond donors (Lipinski definition) is 2. The Bertz CT molecular complexity index is 542. The van der Waals surface area contributed by atoms with Gasteiger partial charge in [0, 0.05) is 11.9 Å². The van der Waals surface area contributed by atoms with Crippen molar-refractivity contribution in [3.63, 3.8) is 0 Å². The molecule has 1 aromatic heterocycles. The van der Waals surface area contributed by atoms with Gasteiger partial charge in [-0.1, -0.05) is 24.3 Å². The highest BCUT2D eigenvalue weighted by molar-refractivity contribution is 7.98. The second-order valence-corrected chi connectivity index (χ2v) is 5.01. The molecule has 0 aliphatic heterocycles. The van der Waals surface area contributed by atoms with Gasteiger partial charge in [-0.05, 0) is 30.5 Å². The summed E-state index contributed by atoms with van der Waals surface area (Å²) >= 11 is 1.70. The van der Waals surface area contributed by atoms with E-state index in [2.05, 4.69) is 46.6 Å². The molecule has 1 heterocycles. The number of nitrogens with zero attached hydrogens (tertiary/aromatic N) is 2. The summed E-state index contributed by atoms with van der Waals surface area (Å²) in [5, 5.41) is 0.959. The molecule has 0 atom stereocenters. The first-order valence-electron chi connectivity index (χ1n) is 5.68. The Balaban J connectivity index is 2.13. The molecule has 94 valence electrons. The van der Waals surface area contributed by atoms with Gasteiger partial charge in [0.25, 0.3) is 0 Å². The quantitative estimate of drug-likeness (QED) is 0.383. The third kappa shape index (κ3) is 3.00. The molecule has 5 heteroatoms. The fraction of sp³-hybridized carbons (Fsp3) is 0.231. The van der Waals surface area contributed by atoms with Gasteiger partial charge in [0.2, 0.25) is 5.95 Å². The zero-order valence-electron chi connectivity index (χ0n) is 10.5. The molecular weight excluding hydrogens is 244 g/mol. The Kier molecular flexibility index (Phi) is 4.17. The lowest BCUT2D eigenvalue weighted by Gasteiger charge is -2.08. The minimum atomic E-state index is 0.452. The lowest BCUT2D eigenvalue weighted by Crippen LogP contribution is -2.10.